The Hall–Kier alpha value is -3.76. The standard InChI is InChI=1S/C31H35ClN6O3/c1-19-8-11-26(35-19)29(40)17-38(2)16-22-10-9-21(12-25(22)32)24-15-34-37-30(24)23-13-27(33-14-23)31(41)36-28(18-39)20-6-4-3-5-7-20/h3-7,9-10,12-15,19,26,28,33,35,39H,8,11,16-18H2,1-2H3,(H,34,37)(H,36,41)/t19?,26?,28-/m1/s1. The minimum absolute atomic E-state index is 0.0650. The van der Waals surface area contributed by atoms with Crippen LogP contribution in [0.25, 0.3) is 22.4 Å². The van der Waals surface area contributed by atoms with E-state index in [-0.39, 0.29) is 24.3 Å². The van der Waals surface area contributed by atoms with E-state index in [0.717, 1.165) is 46.4 Å². The molecule has 0 radical (unpaired) electrons. The number of amides is 1. The molecule has 1 fully saturated rings. The second-order valence-electron chi connectivity index (χ2n) is 10.7. The number of H-pyrrole nitrogens is 2. The van der Waals surface area contributed by atoms with E-state index in [1.807, 2.05) is 60.5 Å². The lowest BCUT2D eigenvalue weighted by Crippen LogP contribution is -2.40. The highest BCUT2D eigenvalue weighted by molar-refractivity contribution is 6.31. The number of hydrogen-bond acceptors (Lipinski definition) is 6. The molecule has 5 N–H and O–H groups in total. The molecule has 0 saturated carbocycles. The fourth-order valence-electron chi connectivity index (χ4n) is 5.30. The van der Waals surface area contributed by atoms with Gasteiger partial charge in [-0.25, -0.2) is 0 Å². The summed E-state index contributed by atoms with van der Waals surface area (Å²) in [6.07, 6.45) is 5.38. The van der Waals surface area contributed by atoms with Crippen molar-refractivity contribution in [2.24, 2.45) is 0 Å². The van der Waals surface area contributed by atoms with Crippen molar-refractivity contribution in [2.45, 2.75) is 44.4 Å². The van der Waals surface area contributed by atoms with Gasteiger partial charge < -0.3 is 20.7 Å². The Morgan fingerprint density at radius 2 is 1.95 bits per heavy atom. The molecule has 1 amide bonds. The number of hydrogen-bond donors (Lipinski definition) is 5. The number of aromatic nitrogens is 3. The van der Waals surface area contributed by atoms with Gasteiger partial charge in [-0.05, 0) is 55.6 Å². The third-order valence-corrected chi connectivity index (χ3v) is 7.89. The van der Waals surface area contributed by atoms with Gasteiger partial charge in [-0.15, -0.1) is 0 Å². The van der Waals surface area contributed by atoms with Gasteiger partial charge in [0, 0.05) is 34.9 Å². The monoisotopic (exact) mass is 574 g/mol. The van der Waals surface area contributed by atoms with Gasteiger partial charge in [0.2, 0.25) is 0 Å². The predicted octanol–water partition coefficient (Wildman–Crippen LogP) is 4.33. The SMILES string of the molecule is CC1CCC(C(=O)CN(C)Cc2ccc(-c3cn[nH]c3-c3c[nH]c(C(=O)N[C@H](CO)c4ccccc4)c3)cc2Cl)N1. The first-order chi connectivity index (χ1) is 19.8. The van der Waals surface area contributed by atoms with Crippen LogP contribution < -0.4 is 10.6 Å². The number of carbonyl (C=O) groups excluding carboxylic acids is 2. The molecular weight excluding hydrogens is 540 g/mol. The lowest BCUT2D eigenvalue weighted by Gasteiger charge is -2.19. The van der Waals surface area contributed by atoms with E-state index in [1.54, 1.807) is 18.5 Å². The number of carbonyl (C=O) groups is 2. The molecule has 1 aliphatic heterocycles. The fraction of sp³-hybridized carbons (Fsp3) is 0.323. The average Bonchev–Trinajstić information content (AvgIpc) is 3.74. The molecule has 1 saturated heterocycles. The zero-order valence-corrected chi connectivity index (χ0v) is 23.9. The fourth-order valence-corrected chi connectivity index (χ4v) is 5.54. The lowest BCUT2D eigenvalue weighted by atomic mass is 10.0. The zero-order chi connectivity index (χ0) is 28.9. The number of rotatable bonds is 11. The highest BCUT2D eigenvalue weighted by atomic mass is 35.5. The summed E-state index contributed by atoms with van der Waals surface area (Å²) in [5.74, 6) is -0.118. The van der Waals surface area contributed by atoms with Gasteiger partial charge in [0.25, 0.3) is 5.91 Å². The molecule has 3 atom stereocenters. The molecule has 3 heterocycles. The average molecular weight is 575 g/mol. The van der Waals surface area contributed by atoms with Crippen molar-refractivity contribution in [3.63, 3.8) is 0 Å². The van der Waals surface area contributed by atoms with Gasteiger partial charge in [-0.3, -0.25) is 19.6 Å². The first-order valence-corrected chi connectivity index (χ1v) is 14.1. The molecular formula is C31H35ClN6O3. The van der Waals surface area contributed by atoms with E-state index in [0.29, 0.717) is 29.8 Å². The van der Waals surface area contributed by atoms with Gasteiger partial charge in [0.15, 0.2) is 5.78 Å². The second kappa shape index (κ2) is 12.8. The van der Waals surface area contributed by atoms with Crippen LogP contribution in [-0.2, 0) is 11.3 Å². The van der Waals surface area contributed by atoms with Crippen molar-refractivity contribution in [2.75, 3.05) is 20.2 Å². The molecule has 2 aromatic heterocycles. The van der Waals surface area contributed by atoms with Crippen LogP contribution in [0.15, 0.2) is 67.0 Å². The molecule has 5 rings (SSSR count). The number of nitrogens with zero attached hydrogens (tertiary/aromatic N) is 2. The molecule has 2 aromatic carbocycles. The molecule has 10 heteroatoms. The molecule has 0 aliphatic carbocycles. The largest absolute Gasteiger partial charge is 0.394 e. The summed E-state index contributed by atoms with van der Waals surface area (Å²) in [6.45, 7) is 2.81. The summed E-state index contributed by atoms with van der Waals surface area (Å²) in [6, 6.07) is 16.7. The number of likely N-dealkylation sites (N-methyl/N-ethyl adjacent to an activating group) is 1. The summed E-state index contributed by atoms with van der Waals surface area (Å²) in [7, 11) is 1.93. The van der Waals surface area contributed by atoms with Crippen LogP contribution in [0.2, 0.25) is 5.02 Å². The van der Waals surface area contributed by atoms with Gasteiger partial charge in [-0.2, -0.15) is 5.10 Å². The smallest absolute Gasteiger partial charge is 0.268 e. The predicted molar refractivity (Wildman–Crippen MR) is 160 cm³/mol. The van der Waals surface area contributed by atoms with Crippen LogP contribution >= 0.6 is 11.6 Å². The lowest BCUT2D eigenvalue weighted by molar-refractivity contribution is -0.121. The molecule has 0 spiro atoms. The number of ketones is 1. The molecule has 2 unspecified atom stereocenters. The van der Waals surface area contributed by atoms with Crippen molar-refractivity contribution in [3.8, 4) is 22.4 Å². The summed E-state index contributed by atoms with van der Waals surface area (Å²) in [5.41, 5.74) is 5.34. The highest BCUT2D eigenvalue weighted by Crippen LogP contribution is 2.33. The van der Waals surface area contributed by atoms with Crippen LogP contribution in [0.4, 0.5) is 0 Å². The molecule has 41 heavy (non-hydrogen) atoms. The maximum Gasteiger partial charge on any atom is 0.268 e. The minimum atomic E-state index is -0.515. The topological polar surface area (TPSA) is 126 Å². The minimum Gasteiger partial charge on any atom is -0.394 e. The Labute approximate surface area is 244 Å². The molecule has 9 nitrogen and oxygen atoms in total. The number of aromatic amines is 2. The van der Waals surface area contributed by atoms with Gasteiger partial charge in [-0.1, -0.05) is 54.1 Å². The quantitative estimate of drug-likeness (QED) is 0.181. The zero-order valence-electron chi connectivity index (χ0n) is 23.2. The van der Waals surface area contributed by atoms with E-state index in [4.69, 9.17) is 11.6 Å². The first-order valence-electron chi connectivity index (χ1n) is 13.8. The van der Waals surface area contributed by atoms with Crippen LogP contribution in [-0.4, -0.2) is 69.2 Å². The van der Waals surface area contributed by atoms with Crippen molar-refractivity contribution in [1.82, 2.24) is 30.7 Å². The summed E-state index contributed by atoms with van der Waals surface area (Å²) < 4.78 is 0. The third kappa shape index (κ3) is 6.77. The van der Waals surface area contributed by atoms with E-state index in [2.05, 4.69) is 32.7 Å². The molecule has 1 aliphatic rings. The normalized spacial score (nSPS) is 17.6. The molecule has 4 aromatic rings. The summed E-state index contributed by atoms with van der Waals surface area (Å²) in [5, 5.41) is 23.9. The van der Waals surface area contributed by atoms with Crippen LogP contribution in [0.5, 0.6) is 0 Å². The first kappa shape index (κ1) is 28.8. The van der Waals surface area contributed by atoms with E-state index < -0.39 is 6.04 Å². The van der Waals surface area contributed by atoms with Crippen LogP contribution in [0.1, 0.15) is 47.4 Å². The Bertz CT molecular complexity index is 1500. The second-order valence-corrected chi connectivity index (χ2v) is 11.1. The van der Waals surface area contributed by atoms with Crippen LogP contribution in [0, 0.1) is 0 Å². The van der Waals surface area contributed by atoms with Crippen molar-refractivity contribution in [3.05, 3.63) is 88.8 Å². The maximum atomic E-state index is 12.9. The third-order valence-electron chi connectivity index (χ3n) is 7.54. The summed E-state index contributed by atoms with van der Waals surface area (Å²) >= 11 is 6.70. The number of benzene rings is 2. The Morgan fingerprint density at radius 1 is 1.15 bits per heavy atom. The molecule has 0 bridgehead atoms. The van der Waals surface area contributed by atoms with Gasteiger partial charge in [0.1, 0.15) is 5.69 Å². The highest BCUT2D eigenvalue weighted by Gasteiger charge is 2.27. The Balaban J connectivity index is 1.26. The van der Waals surface area contributed by atoms with E-state index in [1.165, 1.54) is 0 Å². The number of aliphatic hydroxyl groups is 1. The number of aliphatic hydroxyl groups excluding tert-OH is 1. The van der Waals surface area contributed by atoms with Crippen molar-refractivity contribution < 1.29 is 14.7 Å². The number of Topliss-reactive ketones (excluding diaryl/α,β-unsaturated/α-hetero) is 1. The maximum absolute atomic E-state index is 12.9. The van der Waals surface area contributed by atoms with E-state index >= 15 is 0 Å². The number of nitrogens with one attached hydrogen (secondary N) is 4. The van der Waals surface area contributed by atoms with Crippen LogP contribution in [0.3, 0.4) is 0 Å². The summed E-state index contributed by atoms with van der Waals surface area (Å²) in [4.78, 5) is 30.6. The van der Waals surface area contributed by atoms with Crippen molar-refractivity contribution >= 4 is 23.3 Å². The van der Waals surface area contributed by atoms with Gasteiger partial charge in [0.05, 0.1) is 37.1 Å². The van der Waals surface area contributed by atoms with Crippen molar-refractivity contribution in [1.29, 1.82) is 0 Å². The molecule has 214 valence electrons. The Morgan fingerprint density at radius 3 is 2.66 bits per heavy atom. The number of halogens is 1. The van der Waals surface area contributed by atoms with Gasteiger partial charge >= 0.3 is 0 Å². The van der Waals surface area contributed by atoms with E-state index in [9.17, 15) is 14.7 Å². The Kier molecular flexibility index (Phi) is 8.99.